The van der Waals surface area contributed by atoms with Gasteiger partial charge in [0, 0.05) is 11.1 Å². The maximum Gasteiger partial charge on any atom is 0.338 e. The Balaban J connectivity index is 2.28. The highest BCUT2D eigenvalue weighted by Gasteiger charge is 2.13. The molecule has 2 aromatic carbocycles. The van der Waals surface area contributed by atoms with Gasteiger partial charge in [0.2, 0.25) is 0 Å². The minimum Gasteiger partial charge on any atom is -0.486 e. The van der Waals surface area contributed by atoms with Crippen molar-refractivity contribution in [3.8, 4) is 28.4 Å². The summed E-state index contributed by atoms with van der Waals surface area (Å²) < 4.78 is 16.3. The number of carbonyl (C=O) groups excluding carboxylic acids is 2. The van der Waals surface area contributed by atoms with Crippen molar-refractivity contribution in [3.05, 3.63) is 78.9 Å². The molecule has 0 radical (unpaired) electrons. The molecule has 0 amide bonds. The van der Waals surface area contributed by atoms with E-state index < -0.39 is 11.9 Å². The number of hydrogen-bond acceptors (Lipinski definition) is 5. The summed E-state index contributed by atoms with van der Waals surface area (Å²) in [5, 5.41) is 0. The van der Waals surface area contributed by atoms with Crippen LogP contribution in [0.25, 0.3) is 11.1 Å². The molecular formula is C24H24O5. The largest absolute Gasteiger partial charge is 0.486 e. The lowest BCUT2D eigenvalue weighted by Crippen LogP contribution is -2.09. The molecule has 0 unspecified atom stereocenters. The molecule has 5 nitrogen and oxygen atoms in total. The maximum atomic E-state index is 11.9. The number of ether oxygens (including phenoxy) is 3. The zero-order chi connectivity index (χ0) is 21.4. The zero-order valence-corrected chi connectivity index (χ0v) is 16.9. The van der Waals surface area contributed by atoms with E-state index in [9.17, 15) is 9.59 Å². The Kier molecular flexibility index (Phi) is 7.54. The molecule has 29 heavy (non-hydrogen) atoms. The lowest BCUT2D eigenvalue weighted by molar-refractivity contribution is -0.131. The normalized spacial score (nSPS) is 10.4. The Bertz CT molecular complexity index is 952. The van der Waals surface area contributed by atoms with Gasteiger partial charge in [0.05, 0.1) is 0 Å². The second-order valence-electron chi connectivity index (χ2n) is 6.41. The molecule has 0 aliphatic carbocycles. The first kappa shape index (κ1) is 21.7. The number of benzene rings is 2. The lowest BCUT2D eigenvalue weighted by atomic mass is 10.0. The molecular weight excluding hydrogens is 368 g/mol. The Hall–Kier alpha value is -3.60. The van der Waals surface area contributed by atoms with Crippen molar-refractivity contribution in [1.29, 1.82) is 0 Å². The summed E-state index contributed by atoms with van der Waals surface area (Å²) in [6, 6.07) is 12.3. The van der Waals surface area contributed by atoms with Gasteiger partial charge in [0.25, 0.3) is 0 Å². The number of hydrogen-bond donors (Lipinski definition) is 0. The summed E-state index contributed by atoms with van der Waals surface area (Å²) in [6.45, 7) is 12.6. The smallest absolute Gasteiger partial charge is 0.338 e. The average Bonchev–Trinajstić information content (AvgIpc) is 2.69. The molecule has 0 aromatic heterocycles. The fourth-order valence-electron chi connectivity index (χ4n) is 2.22. The Labute approximate surface area is 170 Å². The van der Waals surface area contributed by atoms with Crippen LogP contribution in [-0.4, -0.2) is 18.5 Å². The van der Waals surface area contributed by atoms with Gasteiger partial charge in [-0.2, -0.15) is 0 Å². The van der Waals surface area contributed by atoms with Crippen LogP contribution in [0.3, 0.4) is 0 Å². The van der Waals surface area contributed by atoms with Crippen LogP contribution in [0.4, 0.5) is 0 Å². The minimum atomic E-state index is -0.516. The molecule has 150 valence electrons. The third-order valence-electron chi connectivity index (χ3n) is 3.81. The summed E-state index contributed by atoms with van der Waals surface area (Å²) in [5.41, 5.74) is 2.37. The van der Waals surface area contributed by atoms with Crippen LogP contribution in [-0.2, 0) is 9.59 Å². The van der Waals surface area contributed by atoms with Crippen molar-refractivity contribution in [3.63, 3.8) is 0 Å². The van der Waals surface area contributed by atoms with E-state index in [0.29, 0.717) is 35.0 Å². The molecule has 0 saturated heterocycles. The lowest BCUT2D eigenvalue weighted by Gasteiger charge is -2.13. The van der Waals surface area contributed by atoms with Gasteiger partial charge in [-0.25, -0.2) is 9.59 Å². The predicted molar refractivity (Wildman–Crippen MR) is 113 cm³/mol. The van der Waals surface area contributed by atoms with Gasteiger partial charge in [0.15, 0.2) is 11.5 Å². The van der Waals surface area contributed by atoms with Crippen LogP contribution in [0.2, 0.25) is 0 Å². The molecule has 0 aliphatic heterocycles. The van der Waals surface area contributed by atoms with E-state index >= 15 is 0 Å². The van der Waals surface area contributed by atoms with Gasteiger partial charge in [-0.15, -0.1) is 0 Å². The van der Waals surface area contributed by atoms with Crippen molar-refractivity contribution in [2.45, 2.75) is 20.8 Å². The Morgan fingerprint density at radius 2 is 1.45 bits per heavy atom. The van der Waals surface area contributed by atoms with E-state index in [1.165, 1.54) is 0 Å². The number of allylic oxidation sites excluding steroid dienone is 1. The van der Waals surface area contributed by atoms with Gasteiger partial charge >= 0.3 is 11.9 Å². The first-order valence-corrected chi connectivity index (χ1v) is 9.05. The molecule has 0 atom stereocenters. The van der Waals surface area contributed by atoms with Crippen LogP contribution >= 0.6 is 0 Å². The number of esters is 2. The van der Waals surface area contributed by atoms with E-state index in [1.807, 2.05) is 37.3 Å². The number of carbonyl (C=O) groups is 2. The third kappa shape index (κ3) is 6.21. The molecule has 0 spiro atoms. The van der Waals surface area contributed by atoms with Gasteiger partial charge in [-0.05, 0) is 56.2 Å². The fourth-order valence-corrected chi connectivity index (χ4v) is 2.22. The molecule has 0 N–H and O–H groups in total. The minimum absolute atomic E-state index is 0.299. The predicted octanol–water partition coefficient (Wildman–Crippen LogP) is 5.27. The van der Waals surface area contributed by atoms with E-state index in [1.54, 1.807) is 38.1 Å². The summed E-state index contributed by atoms with van der Waals surface area (Å²) >= 11 is 0. The molecule has 2 aromatic rings. The first-order valence-electron chi connectivity index (χ1n) is 9.05. The van der Waals surface area contributed by atoms with Gasteiger partial charge in [0.1, 0.15) is 12.4 Å². The van der Waals surface area contributed by atoms with Crippen molar-refractivity contribution >= 4 is 11.9 Å². The standard InChI is InChI=1S/C24H24O5/c1-6-7-14-27-22-15-19(10-13-21(22)29-24(26)17(4)5)18-8-11-20(12-9-18)28-23(25)16(2)3/h6-13,15H,2,4,14H2,1,3,5H3/b7-6+. The highest BCUT2D eigenvalue weighted by atomic mass is 16.6. The van der Waals surface area contributed by atoms with E-state index in [4.69, 9.17) is 14.2 Å². The van der Waals surface area contributed by atoms with Crippen LogP contribution < -0.4 is 14.2 Å². The third-order valence-corrected chi connectivity index (χ3v) is 3.81. The highest BCUT2D eigenvalue weighted by molar-refractivity contribution is 5.89. The molecule has 0 heterocycles. The van der Waals surface area contributed by atoms with E-state index in [2.05, 4.69) is 13.2 Å². The first-order chi connectivity index (χ1) is 13.8. The molecule has 0 bridgehead atoms. The fraction of sp³-hybridized carbons (Fsp3) is 0.167. The Morgan fingerprint density at radius 3 is 2.03 bits per heavy atom. The van der Waals surface area contributed by atoms with Crippen LogP contribution in [0, 0.1) is 0 Å². The van der Waals surface area contributed by atoms with E-state index in [-0.39, 0.29) is 0 Å². The van der Waals surface area contributed by atoms with Crippen LogP contribution in [0.1, 0.15) is 20.8 Å². The quantitative estimate of drug-likeness (QED) is 0.265. The topological polar surface area (TPSA) is 61.8 Å². The molecule has 0 saturated carbocycles. The number of rotatable bonds is 8. The highest BCUT2D eigenvalue weighted by Crippen LogP contribution is 2.34. The Morgan fingerprint density at radius 1 is 0.862 bits per heavy atom. The maximum absolute atomic E-state index is 11.9. The van der Waals surface area contributed by atoms with Crippen molar-refractivity contribution in [1.82, 2.24) is 0 Å². The SMILES string of the molecule is C=C(C)C(=O)Oc1ccc(-c2ccc(OC(=O)C(=C)C)c(OC/C=C/C)c2)cc1. The van der Waals surface area contributed by atoms with Gasteiger partial charge in [-0.3, -0.25) is 0 Å². The van der Waals surface area contributed by atoms with Gasteiger partial charge in [-0.1, -0.05) is 43.5 Å². The molecule has 5 heteroatoms. The van der Waals surface area contributed by atoms with Crippen LogP contribution in [0.15, 0.2) is 78.9 Å². The van der Waals surface area contributed by atoms with Gasteiger partial charge < -0.3 is 14.2 Å². The van der Waals surface area contributed by atoms with Crippen molar-refractivity contribution < 1.29 is 23.8 Å². The second-order valence-corrected chi connectivity index (χ2v) is 6.41. The summed E-state index contributed by atoms with van der Waals surface area (Å²) in [4.78, 5) is 23.5. The van der Waals surface area contributed by atoms with Crippen molar-refractivity contribution in [2.24, 2.45) is 0 Å². The zero-order valence-electron chi connectivity index (χ0n) is 16.9. The molecule has 2 rings (SSSR count). The summed E-state index contributed by atoms with van der Waals surface area (Å²) in [7, 11) is 0. The molecule has 0 fully saturated rings. The summed E-state index contributed by atoms with van der Waals surface area (Å²) in [5.74, 6) is 0.197. The monoisotopic (exact) mass is 392 g/mol. The second kappa shape index (κ2) is 10.1. The molecule has 0 aliphatic rings. The van der Waals surface area contributed by atoms with Crippen LogP contribution in [0.5, 0.6) is 17.2 Å². The van der Waals surface area contributed by atoms with E-state index in [0.717, 1.165) is 11.1 Å². The average molecular weight is 392 g/mol. The van der Waals surface area contributed by atoms with Crippen molar-refractivity contribution in [2.75, 3.05) is 6.61 Å². The summed E-state index contributed by atoms with van der Waals surface area (Å²) in [6.07, 6.45) is 3.72.